The average molecular weight is 322 g/mol. The summed E-state index contributed by atoms with van der Waals surface area (Å²) in [4.78, 5) is 2.08. The molecule has 2 aromatic rings. The molecule has 2 heterocycles. The van der Waals surface area contributed by atoms with Crippen molar-refractivity contribution in [1.82, 2.24) is 4.90 Å². The highest BCUT2D eigenvalue weighted by Crippen LogP contribution is 2.38. The maximum Gasteiger partial charge on any atom is 0.131 e. The quantitative estimate of drug-likeness (QED) is 0.877. The van der Waals surface area contributed by atoms with Crippen molar-refractivity contribution >= 4 is 15.9 Å². The van der Waals surface area contributed by atoms with Crippen molar-refractivity contribution in [3.8, 4) is 0 Å². The van der Waals surface area contributed by atoms with Crippen LogP contribution in [0.2, 0.25) is 0 Å². The molecule has 0 aliphatic carbocycles. The number of fused-ring (bicyclic) bond motifs is 1. The number of hydrogen-bond donors (Lipinski definition) is 1. The van der Waals surface area contributed by atoms with E-state index in [0.29, 0.717) is 6.54 Å². The van der Waals surface area contributed by atoms with Crippen molar-refractivity contribution in [2.24, 2.45) is 0 Å². The van der Waals surface area contributed by atoms with Crippen molar-refractivity contribution in [3.05, 3.63) is 57.5 Å². The van der Waals surface area contributed by atoms with Crippen LogP contribution in [0.3, 0.4) is 0 Å². The predicted octanol–water partition coefficient (Wildman–Crippen LogP) is 3.03. The fraction of sp³-hybridized carbons (Fsp3) is 0.333. The summed E-state index contributed by atoms with van der Waals surface area (Å²) in [6, 6.07) is 9.76. The largest absolute Gasteiger partial charge is 0.465 e. The predicted molar refractivity (Wildman–Crippen MR) is 76.9 cm³/mol. The van der Waals surface area contributed by atoms with Crippen molar-refractivity contribution in [1.29, 1.82) is 0 Å². The molecule has 0 saturated carbocycles. The fourth-order valence-corrected chi connectivity index (χ4v) is 3.04. The summed E-state index contributed by atoms with van der Waals surface area (Å²) < 4.78 is 6.71. The number of β-amino-alcohol motifs (C(OH)–C–C–N with tert-alkyl or cyclic N) is 1. The number of furan rings is 1. The SMILES string of the molecule is Cc1cc2c(o1)CN(C)CC2(O)c1ccc(Br)cc1. The summed E-state index contributed by atoms with van der Waals surface area (Å²) in [6.45, 7) is 3.23. The first-order valence-corrected chi connectivity index (χ1v) is 7.05. The molecule has 0 saturated heterocycles. The summed E-state index contributed by atoms with van der Waals surface area (Å²) in [5.74, 6) is 1.70. The number of hydrogen-bond acceptors (Lipinski definition) is 3. The number of nitrogens with zero attached hydrogens (tertiary/aromatic N) is 1. The number of aliphatic hydroxyl groups is 1. The summed E-state index contributed by atoms with van der Waals surface area (Å²) in [5.41, 5.74) is 0.788. The maximum absolute atomic E-state index is 11.2. The van der Waals surface area contributed by atoms with Crippen LogP contribution in [-0.4, -0.2) is 23.6 Å². The average Bonchev–Trinajstić information content (AvgIpc) is 2.71. The maximum atomic E-state index is 11.2. The van der Waals surface area contributed by atoms with Gasteiger partial charge in [0.1, 0.15) is 17.1 Å². The second kappa shape index (κ2) is 4.47. The van der Waals surface area contributed by atoms with Gasteiger partial charge in [-0.3, -0.25) is 4.90 Å². The lowest BCUT2D eigenvalue weighted by molar-refractivity contribution is 0.0234. The molecule has 3 nitrogen and oxygen atoms in total. The molecule has 1 aromatic heterocycles. The summed E-state index contributed by atoms with van der Waals surface area (Å²) in [5, 5.41) is 11.2. The lowest BCUT2D eigenvalue weighted by Crippen LogP contribution is -2.44. The van der Waals surface area contributed by atoms with E-state index in [2.05, 4.69) is 20.8 Å². The van der Waals surface area contributed by atoms with Crippen molar-refractivity contribution < 1.29 is 9.52 Å². The van der Waals surface area contributed by atoms with Gasteiger partial charge < -0.3 is 9.52 Å². The highest BCUT2D eigenvalue weighted by molar-refractivity contribution is 9.10. The molecule has 0 spiro atoms. The molecule has 1 N–H and O–H groups in total. The third-order valence-corrected chi connectivity index (χ3v) is 4.14. The molecule has 0 fully saturated rings. The number of halogens is 1. The monoisotopic (exact) mass is 321 g/mol. The Morgan fingerprint density at radius 3 is 2.68 bits per heavy atom. The molecule has 0 radical (unpaired) electrons. The van der Waals surface area contributed by atoms with Crippen LogP contribution in [0.25, 0.3) is 0 Å². The molecular formula is C15H16BrNO2. The zero-order valence-corrected chi connectivity index (χ0v) is 12.6. The highest BCUT2D eigenvalue weighted by Gasteiger charge is 2.40. The number of likely N-dealkylation sites (N-methyl/N-ethyl adjacent to an activating group) is 1. The lowest BCUT2D eigenvalue weighted by atomic mass is 9.83. The molecule has 0 bridgehead atoms. The first kappa shape index (κ1) is 12.9. The Balaban J connectivity index is 2.14. The van der Waals surface area contributed by atoms with Gasteiger partial charge in [-0.2, -0.15) is 0 Å². The second-order valence-electron chi connectivity index (χ2n) is 5.23. The van der Waals surface area contributed by atoms with E-state index in [9.17, 15) is 5.11 Å². The Kier molecular flexibility index (Phi) is 3.04. The van der Waals surface area contributed by atoms with Gasteiger partial charge in [-0.25, -0.2) is 0 Å². The van der Waals surface area contributed by atoms with Crippen LogP contribution < -0.4 is 0 Å². The molecule has 1 unspecified atom stereocenters. The molecule has 1 aromatic carbocycles. The van der Waals surface area contributed by atoms with Gasteiger partial charge in [0, 0.05) is 16.6 Å². The van der Waals surface area contributed by atoms with E-state index in [1.165, 1.54) is 0 Å². The van der Waals surface area contributed by atoms with Crippen LogP contribution in [0.5, 0.6) is 0 Å². The Hall–Kier alpha value is -1.10. The number of benzene rings is 1. The second-order valence-corrected chi connectivity index (χ2v) is 6.15. The molecule has 1 aliphatic heterocycles. The van der Waals surface area contributed by atoms with Crippen LogP contribution in [0.4, 0.5) is 0 Å². The first-order valence-electron chi connectivity index (χ1n) is 6.26. The van der Waals surface area contributed by atoms with E-state index < -0.39 is 5.60 Å². The van der Waals surface area contributed by atoms with Gasteiger partial charge in [0.05, 0.1) is 6.54 Å². The van der Waals surface area contributed by atoms with Crippen LogP contribution in [0.15, 0.2) is 39.2 Å². The third kappa shape index (κ3) is 2.14. The third-order valence-electron chi connectivity index (χ3n) is 3.61. The fourth-order valence-electron chi connectivity index (χ4n) is 2.78. The summed E-state index contributed by atoms with van der Waals surface area (Å²) in [6.07, 6.45) is 0. The van der Waals surface area contributed by atoms with E-state index in [4.69, 9.17) is 4.42 Å². The molecule has 0 amide bonds. The van der Waals surface area contributed by atoms with Gasteiger partial charge in [-0.05, 0) is 37.7 Å². The molecule has 19 heavy (non-hydrogen) atoms. The number of aryl methyl sites for hydroxylation is 1. The van der Waals surface area contributed by atoms with Gasteiger partial charge >= 0.3 is 0 Å². The van der Waals surface area contributed by atoms with Crippen LogP contribution >= 0.6 is 15.9 Å². The van der Waals surface area contributed by atoms with Gasteiger partial charge in [-0.15, -0.1) is 0 Å². The van der Waals surface area contributed by atoms with E-state index in [1.807, 2.05) is 44.3 Å². The van der Waals surface area contributed by atoms with E-state index in [-0.39, 0.29) is 0 Å². The first-order chi connectivity index (χ1) is 8.99. The molecule has 4 heteroatoms. The summed E-state index contributed by atoms with van der Waals surface area (Å²) in [7, 11) is 1.99. The molecule has 1 aliphatic rings. The standard InChI is InChI=1S/C15H16BrNO2/c1-10-7-13-14(19-10)8-17(2)9-15(13,18)11-3-5-12(16)6-4-11/h3-7,18H,8-9H2,1-2H3. The minimum Gasteiger partial charge on any atom is -0.465 e. The topological polar surface area (TPSA) is 36.6 Å². The zero-order chi connectivity index (χ0) is 13.6. The zero-order valence-electron chi connectivity index (χ0n) is 11.0. The van der Waals surface area contributed by atoms with Gasteiger partial charge in [-0.1, -0.05) is 28.1 Å². The Bertz CT molecular complexity index is 605. The van der Waals surface area contributed by atoms with E-state index >= 15 is 0 Å². The molecule has 100 valence electrons. The summed E-state index contributed by atoms with van der Waals surface area (Å²) >= 11 is 3.42. The Morgan fingerprint density at radius 2 is 2.00 bits per heavy atom. The minimum atomic E-state index is -0.999. The Morgan fingerprint density at radius 1 is 1.32 bits per heavy atom. The van der Waals surface area contributed by atoms with Crippen molar-refractivity contribution in [2.75, 3.05) is 13.6 Å². The smallest absolute Gasteiger partial charge is 0.131 e. The van der Waals surface area contributed by atoms with Crippen molar-refractivity contribution in [3.63, 3.8) is 0 Å². The van der Waals surface area contributed by atoms with Gasteiger partial charge in [0.25, 0.3) is 0 Å². The van der Waals surface area contributed by atoms with Crippen LogP contribution in [-0.2, 0) is 12.1 Å². The Labute approximate surface area is 121 Å². The molecule has 1 atom stereocenters. The molecule has 3 rings (SSSR count). The van der Waals surface area contributed by atoms with Crippen LogP contribution in [0.1, 0.15) is 22.6 Å². The number of rotatable bonds is 1. The van der Waals surface area contributed by atoms with E-state index in [1.54, 1.807) is 0 Å². The van der Waals surface area contributed by atoms with E-state index in [0.717, 1.165) is 33.7 Å². The van der Waals surface area contributed by atoms with Crippen LogP contribution in [0, 0.1) is 6.92 Å². The molecular weight excluding hydrogens is 306 g/mol. The minimum absolute atomic E-state index is 0.570. The highest BCUT2D eigenvalue weighted by atomic mass is 79.9. The van der Waals surface area contributed by atoms with Gasteiger partial charge in [0.15, 0.2) is 0 Å². The lowest BCUT2D eigenvalue weighted by Gasteiger charge is -2.37. The normalized spacial score (nSPS) is 23.4. The van der Waals surface area contributed by atoms with Crippen molar-refractivity contribution in [2.45, 2.75) is 19.1 Å². The van der Waals surface area contributed by atoms with Gasteiger partial charge in [0.2, 0.25) is 0 Å².